The Labute approximate surface area is 150 Å². The van der Waals surface area contributed by atoms with Gasteiger partial charge in [0.25, 0.3) is 5.91 Å². The number of carbonyl (C=O) groups is 1. The number of pyridine rings is 2. The molecule has 6 nitrogen and oxygen atoms in total. The summed E-state index contributed by atoms with van der Waals surface area (Å²) in [7, 11) is 1.85. The predicted octanol–water partition coefficient (Wildman–Crippen LogP) is 3.21. The molecule has 0 saturated heterocycles. The van der Waals surface area contributed by atoms with Crippen LogP contribution < -0.4 is 5.32 Å². The second-order valence-corrected chi connectivity index (χ2v) is 6.07. The lowest BCUT2D eigenvalue weighted by molar-refractivity contribution is 0.102. The summed E-state index contributed by atoms with van der Waals surface area (Å²) in [6.45, 7) is 0. The van der Waals surface area contributed by atoms with E-state index in [0.29, 0.717) is 16.7 Å². The molecule has 0 aliphatic heterocycles. The highest BCUT2D eigenvalue weighted by Gasteiger charge is 2.14. The SMILES string of the molecule is Cn1cnc2c(C(=O)Nc3ccc(Cc4ccncc4)cc3)ccnc21. The molecule has 4 aromatic rings. The molecule has 0 aliphatic carbocycles. The van der Waals surface area contributed by atoms with Gasteiger partial charge in [0.05, 0.1) is 11.9 Å². The first-order valence-electron chi connectivity index (χ1n) is 8.26. The molecular weight excluding hydrogens is 326 g/mol. The van der Waals surface area contributed by atoms with E-state index in [0.717, 1.165) is 12.1 Å². The average Bonchev–Trinajstić information content (AvgIpc) is 3.05. The molecule has 1 N–H and O–H groups in total. The van der Waals surface area contributed by atoms with Crippen molar-refractivity contribution >= 4 is 22.8 Å². The Morgan fingerprint density at radius 2 is 1.69 bits per heavy atom. The molecule has 6 heteroatoms. The van der Waals surface area contributed by atoms with E-state index in [-0.39, 0.29) is 5.91 Å². The van der Waals surface area contributed by atoms with E-state index in [4.69, 9.17) is 0 Å². The van der Waals surface area contributed by atoms with Gasteiger partial charge in [0, 0.05) is 31.3 Å². The third kappa shape index (κ3) is 3.17. The fourth-order valence-corrected chi connectivity index (χ4v) is 2.85. The van der Waals surface area contributed by atoms with Gasteiger partial charge in [0.2, 0.25) is 0 Å². The molecule has 1 amide bonds. The minimum absolute atomic E-state index is 0.196. The largest absolute Gasteiger partial charge is 0.322 e. The molecule has 0 bridgehead atoms. The highest BCUT2D eigenvalue weighted by molar-refractivity contribution is 6.10. The summed E-state index contributed by atoms with van der Waals surface area (Å²) in [5, 5.41) is 2.92. The summed E-state index contributed by atoms with van der Waals surface area (Å²) < 4.78 is 1.79. The number of carbonyl (C=O) groups excluding carboxylic acids is 1. The third-order valence-electron chi connectivity index (χ3n) is 4.21. The molecule has 0 radical (unpaired) electrons. The van der Waals surface area contributed by atoms with E-state index in [1.807, 2.05) is 43.4 Å². The van der Waals surface area contributed by atoms with Crippen molar-refractivity contribution in [1.29, 1.82) is 0 Å². The van der Waals surface area contributed by atoms with Gasteiger partial charge in [-0.2, -0.15) is 0 Å². The van der Waals surface area contributed by atoms with Crippen LogP contribution in [0, 0.1) is 0 Å². The number of aromatic nitrogens is 4. The van der Waals surface area contributed by atoms with Crippen molar-refractivity contribution in [1.82, 2.24) is 19.5 Å². The van der Waals surface area contributed by atoms with Gasteiger partial charge in [-0.15, -0.1) is 0 Å². The average molecular weight is 343 g/mol. The molecule has 128 valence electrons. The van der Waals surface area contributed by atoms with Crippen LogP contribution in [0.2, 0.25) is 0 Å². The fraction of sp³-hybridized carbons (Fsp3) is 0.100. The molecule has 26 heavy (non-hydrogen) atoms. The maximum absolute atomic E-state index is 12.6. The van der Waals surface area contributed by atoms with Crippen LogP contribution in [0.1, 0.15) is 21.5 Å². The molecule has 3 heterocycles. The van der Waals surface area contributed by atoms with Gasteiger partial charge >= 0.3 is 0 Å². The number of amides is 1. The number of anilines is 1. The number of rotatable bonds is 4. The number of hydrogen-bond acceptors (Lipinski definition) is 4. The zero-order chi connectivity index (χ0) is 17.9. The van der Waals surface area contributed by atoms with Crippen molar-refractivity contribution in [2.45, 2.75) is 6.42 Å². The van der Waals surface area contributed by atoms with E-state index in [1.165, 1.54) is 11.1 Å². The summed E-state index contributed by atoms with van der Waals surface area (Å²) >= 11 is 0. The second-order valence-electron chi connectivity index (χ2n) is 6.07. The van der Waals surface area contributed by atoms with Crippen molar-refractivity contribution in [2.24, 2.45) is 7.05 Å². The first-order chi connectivity index (χ1) is 12.7. The predicted molar refractivity (Wildman–Crippen MR) is 99.9 cm³/mol. The van der Waals surface area contributed by atoms with Gasteiger partial charge in [-0.05, 0) is 47.9 Å². The van der Waals surface area contributed by atoms with E-state index in [9.17, 15) is 4.79 Å². The highest BCUT2D eigenvalue weighted by atomic mass is 16.1. The minimum atomic E-state index is -0.196. The van der Waals surface area contributed by atoms with Crippen molar-refractivity contribution < 1.29 is 4.79 Å². The summed E-state index contributed by atoms with van der Waals surface area (Å²) in [4.78, 5) is 25.2. The molecule has 0 spiro atoms. The Morgan fingerprint density at radius 1 is 0.962 bits per heavy atom. The molecule has 0 saturated carbocycles. The lowest BCUT2D eigenvalue weighted by Crippen LogP contribution is -2.12. The minimum Gasteiger partial charge on any atom is -0.322 e. The number of fused-ring (bicyclic) bond motifs is 1. The van der Waals surface area contributed by atoms with Crippen LogP contribution in [0.15, 0.2) is 67.4 Å². The van der Waals surface area contributed by atoms with Crippen LogP contribution in [0.4, 0.5) is 5.69 Å². The maximum atomic E-state index is 12.6. The first-order valence-corrected chi connectivity index (χ1v) is 8.26. The Bertz CT molecular complexity index is 1050. The van der Waals surface area contributed by atoms with Crippen LogP contribution in [0.25, 0.3) is 11.2 Å². The van der Waals surface area contributed by atoms with Crippen molar-refractivity contribution in [3.63, 3.8) is 0 Å². The highest BCUT2D eigenvalue weighted by Crippen LogP contribution is 2.18. The quantitative estimate of drug-likeness (QED) is 0.617. The van der Waals surface area contributed by atoms with Gasteiger partial charge in [-0.1, -0.05) is 12.1 Å². The molecular formula is C20H17N5O. The van der Waals surface area contributed by atoms with Gasteiger partial charge in [-0.3, -0.25) is 9.78 Å². The van der Waals surface area contributed by atoms with Crippen LogP contribution in [0.5, 0.6) is 0 Å². The zero-order valence-corrected chi connectivity index (χ0v) is 14.3. The number of imidazole rings is 1. The van der Waals surface area contributed by atoms with Crippen LogP contribution in [-0.4, -0.2) is 25.4 Å². The molecule has 0 aliphatic rings. The van der Waals surface area contributed by atoms with Crippen LogP contribution in [0.3, 0.4) is 0 Å². The standard InChI is InChI=1S/C20H17N5O/c1-25-13-23-18-17(8-11-22-19(18)25)20(26)24-16-4-2-14(3-5-16)12-15-6-9-21-10-7-15/h2-11,13H,12H2,1H3,(H,24,26). The maximum Gasteiger partial charge on any atom is 0.258 e. The third-order valence-corrected chi connectivity index (χ3v) is 4.21. The monoisotopic (exact) mass is 343 g/mol. The molecule has 4 rings (SSSR count). The summed E-state index contributed by atoms with van der Waals surface area (Å²) in [5.74, 6) is -0.196. The first kappa shape index (κ1) is 16.0. The Hall–Kier alpha value is -3.54. The zero-order valence-electron chi connectivity index (χ0n) is 14.3. The number of benzene rings is 1. The lowest BCUT2D eigenvalue weighted by Gasteiger charge is -2.07. The Balaban J connectivity index is 1.51. The molecule has 3 aromatic heterocycles. The van der Waals surface area contributed by atoms with Gasteiger partial charge in [-0.25, -0.2) is 9.97 Å². The van der Waals surface area contributed by atoms with E-state index < -0.39 is 0 Å². The Morgan fingerprint density at radius 3 is 2.46 bits per heavy atom. The van der Waals surface area contributed by atoms with Crippen LogP contribution >= 0.6 is 0 Å². The van der Waals surface area contributed by atoms with Gasteiger partial charge < -0.3 is 9.88 Å². The van der Waals surface area contributed by atoms with Gasteiger partial charge in [0.15, 0.2) is 5.65 Å². The molecule has 0 atom stereocenters. The van der Waals surface area contributed by atoms with Crippen molar-refractivity contribution in [2.75, 3.05) is 5.32 Å². The molecule has 0 unspecified atom stereocenters. The van der Waals surface area contributed by atoms with E-state index >= 15 is 0 Å². The van der Waals surface area contributed by atoms with E-state index in [1.54, 1.807) is 35.6 Å². The van der Waals surface area contributed by atoms with E-state index in [2.05, 4.69) is 20.3 Å². The van der Waals surface area contributed by atoms with Crippen LogP contribution in [-0.2, 0) is 13.5 Å². The summed E-state index contributed by atoms with van der Waals surface area (Å²) in [5.41, 5.74) is 4.91. The smallest absolute Gasteiger partial charge is 0.258 e. The molecule has 1 aromatic carbocycles. The summed E-state index contributed by atoms with van der Waals surface area (Å²) in [6.07, 6.45) is 7.68. The second kappa shape index (κ2) is 6.76. The van der Waals surface area contributed by atoms with Crippen molar-refractivity contribution in [3.05, 3.63) is 84.1 Å². The summed E-state index contributed by atoms with van der Waals surface area (Å²) in [6, 6.07) is 13.5. The normalized spacial score (nSPS) is 10.8. The number of aryl methyl sites for hydroxylation is 1. The Kier molecular flexibility index (Phi) is 4.15. The van der Waals surface area contributed by atoms with Crippen molar-refractivity contribution in [3.8, 4) is 0 Å². The number of nitrogens with one attached hydrogen (secondary N) is 1. The van der Waals surface area contributed by atoms with Gasteiger partial charge in [0.1, 0.15) is 5.52 Å². The number of hydrogen-bond donors (Lipinski definition) is 1. The number of nitrogens with zero attached hydrogens (tertiary/aromatic N) is 4. The molecule has 0 fully saturated rings. The lowest BCUT2D eigenvalue weighted by atomic mass is 10.1. The topological polar surface area (TPSA) is 72.7 Å². The fourth-order valence-electron chi connectivity index (χ4n) is 2.85.